The number of ether oxygens (including phenoxy) is 2. The summed E-state index contributed by atoms with van der Waals surface area (Å²) >= 11 is 5.04. The minimum absolute atomic E-state index is 0.167. The number of amides is 1. The van der Waals surface area contributed by atoms with E-state index in [4.69, 9.17) is 27.4 Å². The Morgan fingerprint density at radius 1 is 1.35 bits per heavy atom. The van der Waals surface area contributed by atoms with Crippen molar-refractivity contribution in [2.75, 3.05) is 19.5 Å². The summed E-state index contributed by atoms with van der Waals surface area (Å²) in [6.45, 7) is 0. The van der Waals surface area contributed by atoms with Crippen LogP contribution in [0.15, 0.2) is 18.2 Å². The molecule has 1 fully saturated rings. The first-order chi connectivity index (χ1) is 9.53. The molecule has 1 aromatic carbocycles. The van der Waals surface area contributed by atoms with Crippen LogP contribution >= 0.6 is 12.2 Å². The molecule has 0 aliphatic heterocycles. The fraction of sp³-hybridized carbons (Fsp3) is 0.429. The number of nitrogens with two attached hydrogens (primary N) is 1. The van der Waals surface area contributed by atoms with Gasteiger partial charge in [-0.15, -0.1) is 0 Å². The molecule has 0 heterocycles. The van der Waals surface area contributed by atoms with Crippen LogP contribution in [-0.4, -0.2) is 25.1 Å². The molecule has 5 nitrogen and oxygen atoms in total. The highest BCUT2D eigenvalue weighted by molar-refractivity contribution is 7.80. The van der Waals surface area contributed by atoms with Crippen LogP contribution in [0.3, 0.4) is 0 Å². The molecule has 0 atom stereocenters. The summed E-state index contributed by atoms with van der Waals surface area (Å²) < 4.78 is 10.4. The van der Waals surface area contributed by atoms with Gasteiger partial charge in [-0.3, -0.25) is 4.79 Å². The lowest BCUT2D eigenvalue weighted by atomic mass is 9.68. The van der Waals surface area contributed by atoms with Gasteiger partial charge in [0.2, 0.25) is 5.91 Å². The molecule has 0 spiro atoms. The molecule has 0 bridgehead atoms. The number of anilines is 1. The Morgan fingerprint density at radius 3 is 2.50 bits per heavy atom. The molecule has 20 heavy (non-hydrogen) atoms. The Kier molecular flexibility index (Phi) is 4.13. The first-order valence-electron chi connectivity index (χ1n) is 6.37. The van der Waals surface area contributed by atoms with Crippen LogP contribution in [0.1, 0.15) is 19.3 Å². The highest BCUT2D eigenvalue weighted by Crippen LogP contribution is 2.43. The maximum atomic E-state index is 12.4. The predicted octanol–water partition coefficient (Wildman–Crippen LogP) is 2.10. The summed E-state index contributed by atoms with van der Waals surface area (Å²) in [5.74, 6) is 1.03. The minimum Gasteiger partial charge on any atom is -0.497 e. The highest BCUT2D eigenvalue weighted by atomic mass is 32.1. The van der Waals surface area contributed by atoms with Crippen LogP contribution in [0.4, 0.5) is 5.69 Å². The number of nitrogens with one attached hydrogen (secondary N) is 1. The second-order valence-corrected chi connectivity index (χ2v) is 5.26. The Labute approximate surface area is 123 Å². The second kappa shape index (κ2) is 5.66. The van der Waals surface area contributed by atoms with Crippen molar-refractivity contribution in [2.45, 2.75) is 19.3 Å². The van der Waals surface area contributed by atoms with Crippen molar-refractivity contribution in [1.82, 2.24) is 0 Å². The normalized spacial score (nSPS) is 15.9. The quantitative estimate of drug-likeness (QED) is 0.814. The summed E-state index contributed by atoms with van der Waals surface area (Å²) in [6.07, 6.45) is 2.36. The van der Waals surface area contributed by atoms with Crippen molar-refractivity contribution in [2.24, 2.45) is 11.1 Å². The van der Waals surface area contributed by atoms with E-state index in [1.54, 1.807) is 25.3 Å². The van der Waals surface area contributed by atoms with Crippen LogP contribution in [0, 0.1) is 5.41 Å². The molecular formula is C14H18N2O3S. The van der Waals surface area contributed by atoms with Crippen LogP contribution in [0.2, 0.25) is 0 Å². The van der Waals surface area contributed by atoms with Gasteiger partial charge in [-0.1, -0.05) is 18.6 Å². The number of methoxy groups -OCH3 is 2. The van der Waals surface area contributed by atoms with Gasteiger partial charge in [0.25, 0.3) is 0 Å². The molecule has 0 radical (unpaired) electrons. The van der Waals surface area contributed by atoms with Gasteiger partial charge in [0, 0.05) is 6.07 Å². The molecule has 2 rings (SSSR count). The maximum Gasteiger partial charge on any atom is 0.237 e. The number of carbonyl (C=O) groups excluding carboxylic acids is 1. The Bertz CT molecular complexity index is 541. The van der Waals surface area contributed by atoms with Gasteiger partial charge in [0.05, 0.1) is 30.3 Å². The molecule has 0 unspecified atom stereocenters. The lowest BCUT2D eigenvalue weighted by Gasteiger charge is -2.39. The van der Waals surface area contributed by atoms with Gasteiger partial charge in [-0.05, 0) is 25.0 Å². The van der Waals surface area contributed by atoms with E-state index in [-0.39, 0.29) is 10.9 Å². The average molecular weight is 294 g/mol. The van der Waals surface area contributed by atoms with Gasteiger partial charge in [-0.2, -0.15) is 0 Å². The average Bonchev–Trinajstić information content (AvgIpc) is 2.37. The zero-order valence-corrected chi connectivity index (χ0v) is 12.4. The maximum absolute atomic E-state index is 12.4. The zero-order valence-electron chi connectivity index (χ0n) is 11.6. The monoisotopic (exact) mass is 294 g/mol. The Morgan fingerprint density at radius 2 is 2.05 bits per heavy atom. The van der Waals surface area contributed by atoms with Gasteiger partial charge >= 0.3 is 0 Å². The summed E-state index contributed by atoms with van der Waals surface area (Å²) in [5.41, 5.74) is 5.60. The zero-order chi connectivity index (χ0) is 14.8. The van der Waals surface area contributed by atoms with E-state index in [0.29, 0.717) is 30.0 Å². The minimum atomic E-state index is -0.708. The number of hydrogen-bond donors (Lipinski definition) is 2. The lowest BCUT2D eigenvalue weighted by molar-refractivity contribution is -0.125. The van der Waals surface area contributed by atoms with Crippen molar-refractivity contribution >= 4 is 28.8 Å². The van der Waals surface area contributed by atoms with E-state index >= 15 is 0 Å². The number of hydrogen-bond acceptors (Lipinski definition) is 4. The van der Waals surface area contributed by atoms with Gasteiger partial charge < -0.3 is 20.5 Å². The molecule has 1 aliphatic carbocycles. The van der Waals surface area contributed by atoms with E-state index in [9.17, 15) is 4.79 Å². The van der Waals surface area contributed by atoms with Gasteiger partial charge in [0.15, 0.2) is 0 Å². The van der Waals surface area contributed by atoms with Crippen molar-refractivity contribution in [3.05, 3.63) is 18.2 Å². The predicted molar refractivity (Wildman–Crippen MR) is 81.2 cm³/mol. The van der Waals surface area contributed by atoms with E-state index < -0.39 is 5.41 Å². The summed E-state index contributed by atoms with van der Waals surface area (Å²) in [4.78, 5) is 12.7. The number of carbonyl (C=O) groups is 1. The first-order valence-corrected chi connectivity index (χ1v) is 6.78. The molecule has 1 saturated carbocycles. The molecule has 0 saturated heterocycles. The molecule has 1 amide bonds. The topological polar surface area (TPSA) is 73.6 Å². The third-order valence-corrected chi connectivity index (χ3v) is 4.16. The lowest BCUT2D eigenvalue weighted by Crippen LogP contribution is -2.50. The fourth-order valence-corrected chi connectivity index (χ4v) is 2.56. The molecule has 0 aromatic heterocycles. The van der Waals surface area contributed by atoms with Gasteiger partial charge in [-0.25, -0.2) is 0 Å². The number of benzene rings is 1. The van der Waals surface area contributed by atoms with E-state index in [0.717, 1.165) is 6.42 Å². The van der Waals surface area contributed by atoms with E-state index in [1.807, 2.05) is 0 Å². The van der Waals surface area contributed by atoms with Gasteiger partial charge in [0.1, 0.15) is 11.5 Å². The van der Waals surface area contributed by atoms with Crippen molar-refractivity contribution in [3.63, 3.8) is 0 Å². The van der Waals surface area contributed by atoms with Crippen molar-refractivity contribution < 1.29 is 14.3 Å². The third kappa shape index (κ3) is 2.43. The van der Waals surface area contributed by atoms with Crippen LogP contribution in [0.5, 0.6) is 11.5 Å². The summed E-state index contributed by atoms with van der Waals surface area (Å²) in [5, 5.41) is 2.85. The van der Waals surface area contributed by atoms with E-state index in [2.05, 4.69) is 5.32 Å². The van der Waals surface area contributed by atoms with Crippen molar-refractivity contribution in [3.8, 4) is 11.5 Å². The van der Waals surface area contributed by atoms with Crippen LogP contribution < -0.4 is 20.5 Å². The Hall–Kier alpha value is -1.82. The Balaban J connectivity index is 2.21. The molecule has 3 N–H and O–H groups in total. The SMILES string of the molecule is COc1ccc(NC(=O)C2(C(N)=S)CCC2)c(OC)c1. The van der Waals surface area contributed by atoms with Crippen molar-refractivity contribution in [1.29, 1.82) is 0 Å². The standard InChI is InChI=1S/C14H18N2O3S/c1-18-9-4-5-10(11(8-9)19-2)16-13(17)14(12(15)20)6-3-7-14/h4-5,8H,3,6-7H2,1-2H3,(H2,15,20)(H,16,17). The molecule has 6 heteroatoms. The highest BCUT2D eigenvalue weighted by Gasteiger charge is 2.47. The first kappa shape index (κ1) is 14.6. The van der Waals surface area contributed by atoms with Crippen LogP contribution in [-0.2, 0) is 4.79 Å². The number of rotatable bonds is 5. The van der Waals surface area contributed by atoms with Crippen LogP contribution in [0.25, 0.3) is 0 Å². The molecule has 1 aliphatic rings. The largest absolute Gasteiger partial charge is 0.497 e. The smallest absolute Gasteiger partial charge is 0.237 e. The summed E-state index contributed by atoms with van der Waals surface area (Å²) in [7, 11) is 3.11. The third-order valence-electron chi connectivity index (χ3n) is 3.77. The molecule has 108 valence electrons. The van der Waals surface area contributed by atoms with E-state index in [1.165, 1.54) is 7.11 Å². The molecule has 1 aromatic rings. The summed E-state index contributed by atoms with van der Waals surface area (Å²) in [6, 6.07) is 5.21. The second-order valence-electron chi connectivity index (χ2n) is 4.82. The number of thiocarbonyl (C=S) groups is 1. The molecular weight excluding hydrogens is 276 g/mol. The fourth-order valence-electron chi connectivity index (χ4n) is 2.26.